The second-order valence-electron chi connectivity index (χ2n) is 17.6. The lowest BCUT2D eigenvalue weighted by atomic mass is 10.0. The number of hydrogen-bond acceptors (Lipinski definition) is 6. The summed E-state index contributed by atoms with van der Waals surface area (Å²) >= 11 is 0. The first-order valence-corrected chi connectivity index (χ1v) is 23.3. The summed E-state index contributed by atoms with van der Waals surface area (Å²) in [6, 6.07) is 74.3. The molecule has 7 heterocycles. The summed E-state index contributed by atoms with van der Waals surface area (Å²) in [4.78, 5) is 28.3. The number of hydrogen-bond donors (Lipinski definition) is 0. The topological polar surface area (TPSA) is 77.0 Å². The molecule has 0 N–H and O–H groups in total. The van der Waals surface area contributed by atoms with Gasteiger partial charge in [-0.25, -0.2) is 15.0 Å². The SMILES string of the molecule is C1=CC2C(N=C1c1cccc(-n3c4ccccc4c4cc(-c5ccc6c7ccccc7n(-c7cc(-c8ccccc8)nc(-c8ccccc8)n7)c6c5)ccc43)n1)c1ncccc1N2c1ccccc1. The first-order valence-electron chi connectivity index (χ1n) is 23.3. The quantitative estimate of drug-likeness (QED) is 0.159. The summed E-state index contributed by atoms with van der Waals surface area (Å²) in [5.74, 6) is 2.33. The maximum absolute atomic E-state index is 5.37. The van der Waals surface area contributed by atoms with Crippen LogP contribution in [0.1, 0.15) is 17.4 Å². The summed E-state index contributed by atoms with van der Waals surface area (Å²) in [6.07, 6.45) is 6.25. The molecular formula is C61H40N8. The summed E-state index contributed by atoms with van der Waals surface area (Å²) in [7, 11) is 0. The molecule has 8 nitrogen and oxygen atoms in total. The first kappa shape index (κ1) is 38.9. The van der Waals surface area contributed by atoms with Crippen molar-refractivity contribution in [1.82, 2.24) is 29.1 Å². The molecule has 0 saturated heterocycles. The van der Waals surface area contributed by atoms with E-state index in [1.807, 2.05) is 36.5 Å². The molecule has 0 fully saturated rings. The molecule has 2 atom stereocenters. The van der Waals surface area contributed by atoms with Gasteiger partial charge in [0, 0.05) is 50.6 Å². The van der Waals surface area contributed by atoms with E-state index in [4.69, 9.17) is 24.9 Å². The number of dihydropyridines is 1. The first-order chi connectivity index (χ1) is 34.2. The molecule has 324 valence electrons. The van der Waals surface area contributed by atoms with E-state index in [-0.39, 0.29) is 12.1 Å². The van der Waals surface area contributed by atoms with Gasteiger partial charge in [0.2, 0.25) is 0 Å². The highest BCUT2D eigenvalue weighted by Crippen LogP contribution is 2.47. The van der Waals surface area contributed by atoms with E-state index in [9.17, 15) is 0 Å². The summed E-state index contributed by atoms with van der Waals surface area (Å²) in [5.41, 5.74) is 14.3. The number of pyridine rings is 2. The Morgan fingerprint density at radius 1 is 0.406 bits per heavy atom. The number of aromatic nitrogens is 6. The average molecular weight is 885 g/mol. The van der Waals surface area contributed by atoms with Crippen LogP contribution in [0.15, 0.2) is 236 Å². The van der Waals surface area contributed by atoms with E-state index in [0.29, 0.717) is 5.82 Å². The van der Waals surface area contributed by atoms with E-state index >= 15 is 0 Å². The number of anilines is 2. The molecule has 8 heteroatoms. The molecule has 7 aromatic carbocycles. The van der Waals surface area contributed by atoms with Gasteiger partial charge in [-0.2, -0.15) is 0 Å². The van der Waals surface area contributed by atoms with E-state index in [1.165, 1.54) is 5.39 Å². The normalized spacial score (nSPS) is 15.2. The monoisotopic (exact) mass is 884 g/mol. The Kier molecular flexibility index (Phi) is 8.85. The lowest BCUT2D eigenvalue weighted by Crippen LogP contribution is -2.30. The molecule has 69 heavy (non-hydrogen) atoms. The van der Waals surface area contributed by atoms with Crippen molar-refractivity contribution in [1.29, 1.82) is 0 Å². The van der Waals surface area contributed by atoms with Crippen LogP contribution < -0.4 is 4.90 Å². The molecule has 14 rings (SSSR count). The Bertz CT molecular complexity index is 3980. The molecule has 2 unspecified atom stereocenters. The van der Waals surface area contributed by atoms with Crippen molar-refractivity contribution in [2.75, 3.05) is 4.90 Å². The molecule has 0 radical (unpaired) electrons. The van der Waals surface area contributed by atoms with Crippen LogP contribution in [0.4, 0.5) is 11.4 Å². The van der Waals surface area contributed by atoms with Crippen LogP contribution in [0.3, 0.4) is 0 Å². The fraction of sp³-hybridized carbons (Fsp3) is 0.0328. The van der Waals surface area contributed by atoms with Gasteiger partial charge in [-0.3, -0.25) is 19.1 Å². The van der Waals surface area contributed by atoms with E-state index < -0.39 is 0 Å². The van der Waals surface area contributed by atoms with Gasteiger partial charge in [0.05, 0.1) is 56.6 Å². The van der Waals surface area contributed by atoms with Crippen molar-refractivity contribution in [2.24, 2.45) is 4.99 Å². The maximum Gasteiger partial charge on any atom is 0.162 e. The highest BCUT2D eigenvalue weighted by atomic mass is 15.2. The van der Waals surface area contributed by atoms with Crippen LogP contribution >= 0.6 is 0 Å². The molecule has 2 aliphatic heterocycles. The molecule has 0 amide bonds. The van der Waals surface area contributed by atoms with Crippen molar-refractivity contribution < 1.29 is 0 Å². The van der Waals surface area contributed by atoms with Gasteiger partial charge in [0.1, 0.15) is 17.7 Å². The van der Waals surface area contributed by atoms with Crippen molar-refractivity contribution in [3.63, 3.8) is 0 Å². The van der Waals surface area contributed by atoms with Gasteiger partial charge in [-0.15, -0.1) is 0 Å². The van der Waals surface area contributed by atoms with Crippen LogP contribution in [0.2, 0.25) is 0 Å². The second kappa shape index (κ2) is 15.7. The lowest BCUT2D eigenvalue weighted by Gasteiger charge is -2.28. The van der Waals surface area contributed by atoms with Crippen molar-refractivity contribution in [3.05, 3.63) is 242 Å². The summed E-state index contributed by atoms with van der Waals surface area (Å²) in [6.45, 7) is 0. The molecule has 0 saturated carbocycles. The average Bonchev–Trinajstić information content (AvgIpc) is 4.06. The Balaban J connectivity index is 0.875. The molecule has 0 spiro atoms. The number of aliphatic imine (C=N–C) groups is 1. The van der Waals surface area contributed by atoms with E-state index in [1.54, 1.807) is 0 Å². The molecular weight excluding hydrogens is 845 g/mol. The predicted octanol–water partition coefficient (Wildman–Crippen LogP) is 14.1. The van der Waals surface area contributed by atoms with Crippen molar-refractivity contribution in [3.8, 4) is 45.4 Å². The van der Waals surface area contributed by atoms with Crippen molar-refractivity contribution >= 4 is 60.7 Å². The van der Waals surface area contributed by atoms with Crippen LogP contribution in [0.5, 0.6) is 0 Å². The largest absolute Gasteiger partial charge is 0.330 e. The molecule has 0 aliphatic carbocycles. The Labute approximate surface area is 397 Å². The van der Waals surface area contributed by atoms with Gasteiger partial charge >= 0.3 is 0 Å². The molecule has 0 bridgehead atoms. The maximum atomic E-state index is 5.37. The summed E-state index contributed by atoms with van der Waals surface area (Å²) in [5, 5.41) is 4.64. The Hall–Kier alpha value is -9.27. The Morgan fingerprint density at radius 2 is 1.06 bits per heavy atom. The van der Waals surface area contributed by atoms with Gasteiger partial charge in [0.25, 0.3) is 0 Å². The third kappa shape index (κ3) is 6.34. The van der Waals surface area contributed by atoms with Crippen LogP contribution in [0, 0.1) is 0 Å². The van der Waals surface area contributed by atoms with E-state index in [0.717, 1.165) is 106 Å². The molecule has 12 aromatic rings. The number of nitrogens with zero attached hydrogens (tertiary/aromatic N) is 8. The smallest absolute Gasteiger partial charge is 0.162 e. The fourth-order valence-electron chi connectivity index (χ4n) is 10.6. The predicted molar refractivity (Wildman–Crippen MR) is 280 cm³/mol. The minimum atomic E-state index is -0.154. The van der Waals surface area contributed by atoms with Gasteiger partial charge in [0.15, 0.2) is 5.82 Å². The van der Waals surface area contributed by atoms with Crippen LogP contribution in [0.25, 0.3) is 89.0 Å². The number of para-hydroxylation sites is 3. The molecule has 2 aliphatic rings. The third-order valence-electron chi connectivity index (χ3n) is 13.7. The minimum absolute atomic E-state index is 0.0205. The second-order valence-corrected chi connectivity index (χ2v) is 17.6. The highest BCUT2D eigenvalue weighted by molar-refractivity contribution is 6.13. The van der Waals surface area contributed by atoms with Crippen molar-refractivity contribution in [2.45, 2.75) is 12.1 Å². The van der Waals surface area contributed by atoms with Gasteiger partial charge in [-0.05, 0) is 83.9 Å². The lowest BCUT2D eigenvalue weighted by molar-refractivity contribution is 0.651. The Morgan fingerprint density at radius 3 is 1.86 bits per heavy atom. The van der Waals surface area contributed by atoms with Gasteiger partial charge < -0.3 is 4.90 Å². The van der Waals surface area contributed by atoms with Gasteiger partial charge in [-0.1, -0.05) is 146 Å². The highest BCUT2D eigenvalue weighted by Gasteiger charge is 2.40. The zero-order valence-corrected chi connectivity index (χ0v) is 37.2. The zero-order chi connectivity index (χ0) is 45.4. The third-order valence-corrected chi connectivity index (χ3v) is 13.7. The fourth-order valence-corrected chi connectivity index (χ4v) is 10.6. The number of rotatable bonds is 7. The molecule has 5 aromatic heterocycles. The number of allylic oxidation sites excluding steroid dienone is 1. The zero-order valence-electron chi connectivity index (χ0n) is 37.2. The summed E-state index contributed by atoms with van der Waals surface area (Å²) < 4.78 is 4.58. The van der Waals surface area contributed by atoms with Crippen LogP contribution in [-0.4, -0.2) is 40.8 Å². The number of fused-ring (bicyclic) bond motifs is 9. The van der Waals surface area contributed by atoms with E-state index in [2.05, 4.69) is 208 Å². The standard InChI is InChI=1S/C61H40N8/c1-4-16-39(17-5-1)50-38-58(66-61(65-50)40-18-6-2-7-19-40)69-51-25-12-10-22-44(51)46-31-29-42(37-56(46)69)41-30-33-53-47(36-41)45-23-11-13-26-52(45)68(53)57-28-14-24-48(63-57)49-32-34-55-60(64-49)59-54(27-15-35-62-59)67(55)43-20-8-3-9-21-43/h1-38,55,60H. The minimum Gasteiger partial charge on any atom is -0.330 e. The van der Waals surface area contributed by atoms with Crippen LogP contribution in [-0.2, 0) is 0 Å². The number of benzene rings is 7.